The molecule has 1 aliphatic heterocycles. The van der Waals surface area contributed by atoms with Crippen molar-refractivity contribution in [1.29, 1.82) is 0 Å². The van der Waals surface area contributed by atoms with E-state index in [2.05, 4.69) is 6.92 Å². The van der Waals surface area contributed by atoms with E-state index in [-0.39, 0.29) is 11.5 Å². The number of carbonyl (C=O) groups is 1. The van der Waals surface area contributed by atoms with Crippen LogP contribution in [0.4, 0.5) is 13.2 Å². The normalized spacial score (nSPS) is 17.1. The maximum absolute atomic E-state index is 13.4. The van der Waals surface area contributed by atoms with Gasteiger partial charge >= 0.3 is 6.18 Å². The molecule has 0 bridgehead atoms. The number of rotatable bonds is 6. The molecule has 1 saturated heterocycles. The van der Waals surface area contributed by atoms with Gasteiger partial charge in [-0.05, 0) is 42.2 Å². The highest BCUT2D eigenvalue weighted by Gasteiger charge is 2.39. The fraction of sp³-hybridized carbons (Fsp3) is 0.409. The maximum Gasteiger partial charge on any atom is 0.416 e. The van der Waals surface area contributed by atoms with Gasteiger partial charge in [0.15, 0.2) is 0 Å². The molecule has 6 heteroatoms. The van der Waals surface area contributed by atoms with Crippen LogP contribution in [-0.2, 0) is 12.6 Å². The highest BCUT2D eigenvalue weighted by molar-refractivity contribution is 7.99. The van der Waals surface area contributed by atoms with Crippen LogP contribution in [-0.4, -0.2) is 23.1 Å². The van der Waals surface area contributed by atoms with Gasteiger partial charge in [-0.3, -0.25) is 4.79 Å². The van der Waals surface area contributed by atoms with Crippen molar-refractivity contribution in [3.63, 3.8) is 0 Å². The van der Waals surface area contributed by atoms with Gasteiger partial charge in [0.25, 0.3) is 5.91 Å². The van der Waals surface area contributed by atoms with Crippen LogP contribution in [0.25, 0.3) is 0 Å². The molecule has 1 heterocycles. The summed E-state index contributed by atoms with van der Waals surface area (Å²) in [5, 5.41) is -0.616. The molecule has 2 nitrogen and oxygen atoms in total. The predicted molar refractivity (Wildman–Crippen MR) is 107 cm³/mol. The Morgan fingerprint density at radius 3 is 2.50 bits per heavy atom. The molecule has 0 unspecified atom stereocenters. The monoisotopic (exact) mass is 407 g/mol. The van der Waals surface area contributed by atoms with Crippen LogP contribution in [0.1, 0.15) is 58.6 Å². The van der Waals surface area contributed by atoms with Crippen LogP contribution in [0, 0.1) is 0 Å². The number of aryl methyl sites for hydroxylation is 1. The van der Waals surface area contributed by atoms with Gasteiger partial charge in [0.1, 0.15) is 5.37 Å². The largest absolute Gasteiger partial charge is 0.416 e. The van der Waals surface area contributed by atoms with E-state index >= 15 is 0 Å². The molecular weight excluding hydrogens is 383 g/mol. The second kappa shape index (κ2) is 9.03. The van der Waals surface area contributed by atoms with E-state index in [0.717, 1.165) is 25.3 Å². The smallest absolute Gasteiger partial charge is 0.322 e. The number of thioether (sulfide) groups is 1. The van der Waals surface area contributed by atoms with Gasteiger partial charge in [-0.1, -0.05) is 50.1 Å². The van der Waals surface area contributed by atoms with Gasteiger partial charge in [0.05, 0.1) is 5.56 Å². The minimum absolute atomic E-state index is 0.155. The number of amides is 1. The molecule has 0 radical (unpaired) electrons. The van der Waals surface area contributed by atoms with Gasteiger partial charge in [-0.2, -0.15) is 13.2 Å². The van der Waals surface area contributed by atoms with E-state index in [1.165, 1.54) is 35.9 Å². The second-order valence-corrected chi connectivity index (χ2v) is 8.15. The molecule has 0 aliphatic carbocycles. The van der Waals surface area contributed by atoms with Crippen molar-refractivity contribution in [1.82, 2.24) is 4.90 Å². The average molecular weight is 408 g/mol. The molecule has 0 spiro atoms. The summed E-state index contributed by atoms with van der Waals surface area (Å²) in [6, 6.07) is 13.0. The van der Waals surface area contributed by atoms with E-state index in [1.807, 2.05) is 12.1 Å². The lowest BCUT2D eigenvalue weighted by molar-refractivity contribution is -0.138. The van der Waals surface area contributed by atoms with Gasteiger partial charge in [0.2, 0.25) is 0 Å². The molecule has 0 aromatic heterocycles. The highest BCUT2D eigenvalue weighted by atomic mass is 32.2. The Balaban J connectivity index is 1.79. The maximum atomic E-state index is 13.4. The Kier molecular flexibility index (Phi) is 6.70. The topological polar surface area (TPSA) is 20.3 Å². The van der Waals surface area contributed by atoms with Crippen LogP contribution < -0.4 is 0 Å². The fourth-order valence-corrected chi connectivity index (χ4v) is 4.76. The lowest BCUT2D eigenvalue weighted by Crippen LogP contribution is -2.31. The van der Waals surface area contributed by atoms with Crippen molar-refractivity contribution in [2.75, 3.05) is 12.3 Å². The number of halogens is 3. The number of hydrogen-bond donors (Lipinski definition) is 0. The molecule has 0 N–H and O–H groups in total. The van der Waals surface area contributed by atoms with Gasteiger partial charge in [0, 0.05) is 17.9 Å². The standard InChI is InChI=1S/C22H24F3NOS/c1-2-3-4-7-16-10-12-17(13-11-16)20(27)26-14-15-28-21(26)18-8-5-6-9-19(18)22(23,24)25/h5-6,8-13,21H,2-4,7,14-15H2,1H3/t21-/m1/s1. The average Bonchev–Trinajstić information content (AvgIpc) is 3.17. The third-order valence-corrected chi connectivity index (χ3v) is 6.20. The van der Waals surface area contributed by atoms with Crippen LogP contribution in [0.5, 0.6) is 0 Å². The first kappa shape index (κ1) is 20.8. The first-order chi connectivity index (χ1) is 13.4. The van der Waals surface area contributed by atoms with Crippen molar-refractivity contribution >= 4 is 17.7 Å². The molecule has 3 rings (SSSR count). The van der Waals surface area contributed by atoms with Crippen molar-refractivity contribution in [2.24, 2.45) is 0 Å². The van der Waals surface area contributed by atoms with Crippen molar-refractivity contribution in [3.8, 4) is 0 Å². The van der Waals surface area contributed by atoms with Crippen LogP contribution in [0.2, 0.25) is 0 Å². The summed E-state index contributed by atoms with van der Waals surface area (Å²) < 4.78 is 40.2. The van der Waals surface area contributed by atoms with Crippen LogP contribution >= 0.6 is 11.8 Å². The zero-order valence-corrected chi connectivity index (χ0v) is 16.7. The summed E-state index contributed by atoms with van der Waals surface area (Å²) in [7, 11) is 0. The summed E-state index contributed by atoms with van der Waals surface area (Å²) in [6.07, 6.45) is -0.0170. The van der Waals surface area contributed by atoms with Gasteiger partial charge < -0.3 is 4.90 Å². The number of alkyl halides is 3. The second-order valence-electron chi connectivity index (χ2n) is 6.96. The third-order valence-electron chi connectivity index (χ3n) is 4.95. The van der Waals surface area contributed by atoms with E-state index in [1.54, 1.807) is 23.1 Å². The van der Waals surface area contributed by atoms with E-state index in [4.69, 9.17) is 0 Å². The molecule has 1 fully saturated rings. The number of carbonyl (C=O) groups excluding carboxylic acids is 1. The summed E-state index contributed by atoms with van der Waals surface area (Å²) in [5.41, 5.74) is 1.19. The summed E-state index contributed by atoms with van der Waals surface area (Å²) in [5.74, 6) is 0.407. The fourth-order valence-electron chi connectivity index (χ4n) is 3.47. The molecule has 1 amide bonds. The molecule has 0 saturated carbocycles. The minimum atomic E-state index is -4.44. The quantitative estimate of drug-likeness (QED) is 0.522. The summed E-state index contributed by atoms with van der Waals surface area (Å²) >= 11 is 1.38. The Hall–Kier alpha value is -1.95. The molecular formula is C22H24F3NOS. The minimum Gasteiger partial charge on any atom is -0.322 e. The Bertz CT molecular complexity index is 804. The van der Waals surface area contributed by atoms with Crippen molar-refractivity contribution in [2.45, 2.75) is 44.2 Å². The Morgan fingerprint density at radius 1 is 1.11 bits per heavy atom. The predicted octanol–water partition coefficient (Wildman–Crippen LogP) is 6.33. The zero-order valence-electron chi connectivity index (χ0n) is 15.8. The van der Waals surface area contributed by atoms with E-state index < -0.39 is 17.1 Å². The number of unbranched alkanes of at least 4 members (excludes halogenated alkanes) is 2. The molecule has 2 aromatic carbocycles. The highest BCUT2D eigenvalue weighted by Crippen LogP contribution is 2.44. The summed E-state index contributed by atoms with van der Waals surface area (Å²) in [6.45, 7) is 2.60. The SMILES string of the molecule is CCCCCc1ccc(C(=O)N2CCS[C@@H]2c2ccccc2C(F)(F)F)cc1. The first-order valence-electron chi connectivity index (χ1n) is 9.59. The number of hydrogen-bond acceptors (Lipinski definition) is 2. The molecule has 2 aromatic rings. The van der Waals surface area contributed by atoms with Crippen LogP contribution in [0.3, 0.4) is 0 Å². The molecule has 1 atom stereocenters. The Labute approximate surface area is 168 Å². The van der Waals surface area contributed by atoms with Crippen LogP contribution in [0.15, 0.2) is 48.5 Å². The summed E-state index contributed by atoms with van der Waals surface area (Å²) in [4.78, 5) is 14.6. The molecule has 1 aliphatic rings. The van der Waals surface area contributed by atoms with Crippen molar-refractivity contribution in [3.05, 3.63) is 70.8 Å². The number of nitrogens with zero attached hydrogens (tertiary/aromatic N) is 1. The zero-order chi connectivity index (χ0) is 20.1. The first-order valence-corrected chi connectivity index (χ1v) is 10.6. The lowest BCUT2D eigenvalue weighted by atomic mass is 10.0. The van der Waals surface area contributed by atoms with E-state index in [0.29, 0.717) is 17.9 Å². The Morgan fingerprint density at radius 2 is 1.82 bits per heavy atom. The van der Waals surface area contributed by atoms with E-state index in [9.17, 15) is 18.0 Å². The van der Waals surface area contributed by atoms with Crippen molar-refractivity contribution < 1.29 is 18.0 Å². The molecule has 150 valence electrons. The lowest BCUT2D eigenvalue weighted by Gasteiger charge is -2.26. The van der Waals surface area contributed by atoms with Gasteiger partial charge in [-0.15, -0.1) is 11.8 Å². The van der Waals surface area contributed by atoms with Gasteiger partial charge in [-0.25, -0.2) is 0 Å². The third kappa shape index (κ3) is 4.72. The number of benzene rings is 2. The molecule has 28 heavy (non-hydrogen) atoms.